The highest BCUT2D eigenvalue weighted by atomic mass is 79.9. The van der Waals surface area contributed by atoms with Crippen molar-refractivity contribution in [2.45, 2.75) is 88.8 Å². The highest BCUT2D eigenvalue weighted by Gasteiger charge is 2.28. The van der Waals surface area contributed by atoms with Gasteiger partial charge in [0.1, 0.15) is 0 Å². The van der Waals surface area contributed by atoms with Gasteiger partial charge >= 0.3 is 0 Å². The van der Waals surface area contributed by atoms with E-state index in [0.717, 1.165) is 10.7 Å². The van der Waals surface area contributed by atoms with E-state index in [-0.39, 0.29) is 0 Å². The number of rotatable bonds is 11. The van der Waals surface area contributed by atoms with Gasteiger partial charge in [-0.05, 0) is 25.2 Å². The normalized spacial score (nSPS) is 17.6. The van der Waals surface area contributed by atoms with Crippen LogP contribution in [0.25, 0.3) is 0 Å². The minimum Gasteiger partial charge on any atom is -0.0888 e. The van der Waals surface area contributed by atoms with Crippen LogP contribution in [0.1, 0.15) is 84.0 Å². The van der Waals surface area contributed by atoms with Gasteiger partial charge in [0.2, 0.25) is 0 Å². The lowest BCUT2D eigenvalue weighted by Crippen LogP contribution is -1.99. The molecule has 0 radical (unpaired) electrons. The van der Waals surface area contributed by atoms with E-state index in [1.165, 1.54) is 77.0 Å². The zero-order valence-electron chi connectivity index (χ0n) is 11.0. The summed E-state index contributed by atoms with van der Waals surface area (Å²) >= 11 is 3.82. The van der Waals surface area contributed by atoms with Crippen molar-refractivity contribution >= 4 is 15.9 Å². The third-order valence-electron chi connectivity index (χ3n) is 3.72. The lowest BCUT2D eigenvalue weighted by molar-refractivity contribution is 0.546. The van der Waals surface area contributed by atoms with Crippen molar-refractivity contribution in [3.8, 4) is 0 Å². The number of hydrogen-bond acceptors (Lipinski definition) is 0. The van der Waals surface area contributed by atoms with E-state index in [4.69, 9.17) is 0 Å². The van der Waals surface area contributed by atoms with E-state index in [1.54, 1.807) is 0 Å². The molecule has 0 bridgehead atoms. The Morgan fingerprint density at radius 1 is 0.875 bits per heavy atom. The van der Waals surface area contributed by atoms with Gasteiger partial charge in [-0.1, -0.05) is 80.6 Å². The first-order valence-corrected chi connectivity index (χ1v) is 8.40. The molecule has 96 valence electrons. The van der Waals surface area contributed by atoms with Crippen LogP contribution < -0.4 is 0 Å². The molecule has 1 heteroatoms. The van der Waals surface area contributed by atoms with Crippen molar-refractivity contribution in [2.75, 3.05) is 0 Å². The molecule has 16 heavy (non-hydrogen) atoms. The fourth-order valence-corrected chi connectivity index (χ4v) is 3.20. The van der Waals surface area contributed by atoms with Crippen molar-refractivity contribution in [1.82, 2.24) is 0 Å². The Morgan fingerprint density at radius 2 is 1.38 bits per heavy atom. The van der Waals surface area contributed by atoms with Gasteiger partial charge in [-0.3, -0.25) is 0 Å². The molecule has 1 atom stereocenters. The average molecular weight is 289 g/mol. The topological polar surface area (TPSA) is 0 Å². The second-order valence-corrected chi connectivity index (χ2v) is 6.65. The standard InChI is InChI=1S/C15H29Br/c1-2-3-4-5-6-7-8-9-10-11-15(16)14-12-13-14/h14-15H,2-13H2,1H3. The molecule has 1 aliphatic rings. The molecule has 1 fully saturated rings. The second-order valence-electron chi connectivity index (χ2n) is 5.47. The Hall–Kier alpha value is 0.480. The molecule has 1 unspecified atom stereocenters. The minimum absolute atomic E-state index is 0.844. The second kappa shape index (κ2) is 9.50. The molecule has 0 aromatic rings. The van der Waals surface area contributed by atoms with E-state index in [2.05, 4.69) is 22.9 Å². The van der Waals surface area contributed by atoms with Crippen LogP contribution in [-0.2, 0) is 0 Å². The van der Waals surface area contributed by atoms with Crippen LogP contribution in [0.3, 0.4) is 0 Å². The largest absolute Gasteiger partial charge is 0.0888 e. The number of hydrogen-bond donors (Lipinski definition) is 0. The van der Waals surface area contributed by atoms with Crippen molar-refractivity contribution in [1.29, 1.82) is 0 Å². The molecule has 0 heterocycles. The summed E-state index contributed by atoms with van der Waals surface area (Å²) in [4.78, 5) is 0.844. The van der Waals surface area contributed by atoms with Gasteiger partial charge in [-0.25, -0.2) is 0 Å². The number of halogens is 1. The van der Waals surface area contributed by atoms with Crippen LogP contribution in [0.15, 0.2) is 0 Å². The van der Waals surface area contributed by atoms with E-state index < -0.39 is 0 Å². The first-order valence-electron chi connectivity index (χ1n) is 7.48. The van der Waals surface area contributed by atoms with Crippen molar-refractivity contribution in [3.05, 3.63) is 0 Å². The van der Waals surface area contributed by atoms with E-state index in [1.807, 2.05) is 0 Å². The van der Waals surface area contributed by atoms with Crippen molar-refractivity contribution in [3.63, 3.8) is 0 Å². The zero-order valence-corrected chi connectivity index (χ0v) is 12.6. The summed E-state index contributed by atoms with van der Waals surface area (Å²) in [5, 5.41) is 0. The summed E-state index contributed by atoms with van der Waals surface area (Å²) in [5.41, 5.74) is 0. The van der Waals surface area contributed by atoms with Crippen LogP contribution in [0, 0.1) is 5.92 Å². The van der Waals surface area contributed by atoms with Gasteiger partial charge in [0.15, 0.2) is 0 Å². The Labute approximate surface area is 111 Å². The summed E-state index contributed by atoms with van der Waals surface area (Å²) in [6, 6.07) is 0. The Balaban J connectivity index is 1.71. The molecular weight excluding hydrogens is 260 g/mol. The monoisotopic (exact) mass is 288 g/mol. The Kier molecular flexibility index (Phi) is 8.64. The summed E-state index contributed by atoms with van der Waals surface area (Å²) in [7, 11) is 0. The molecule has 0 aromatic carbocycles. The minimum atomic E-state index is 0.844. The molecule has 1 aliphatic carbocycles. The quantitative estimate of drug-likeness (QED) is 0.319. The Morgan fingerprint density at radius 3 is 1.88 bits per heavy atom. The summed E-state index contributed by atoms with van der Waals surface area (Å²) < 4.78 is 0. The zero-order chi connectivity index (χ0) is 11.6. The van der Waals surface area contributed by atoms with Crippen LogP contribution in [0.5, 0.6) is 0 Å². The SMILES string of the molecule is CCCCCCCCCCCC(Br)C1CC1. The molecule has 0 aromatic heterocycles. The van der Waals surface area contributed by atoms with Gasteiger partial charge < -0.3 is 0 Å². The highest BCUT2D eigenvalue weighted by molar-refractivity contribution is 9.09. The first kappa shape index (κ1) is 14.5. The van der Waals surface area contributed by atoms with Crippen LogP contribution >= 0.6 is 15.9 Å². The first-order chi connectivity index (χ1) is 7.84. The van der Waals surface area contributed by atoms with E-state index in [0.29, 0.717) is 0 Å². The third kappa shape index (κ3) is 7.70. The maximum atomic E-state index is 3.82. The molecule has 0 aliphatic heterocycles. The summed E-state index contributed by atoms with van der Waals surface area (Å²) in [5.74, 6) is 1.04. The lowest BCUT2D eigenvalue weighted by Gasteiger charge is -2.07. The highest BCUT2D eigenvalue weighted by Crippen LogP contribution is 2.38. The molecule has 0 N–H and O–H groups in total. The van der Waals surface area contributed by atoms with Gasteiger partial charge in [0.05, 0.1) is 0 Å². The average Bonchev–Trinajstić information content (AvgIpc) is 3.10. The maximum absolute atomic E-state index is 3.82. The van der Waals surface area contributed by atoms with E-state index in [9.17, 15) is 0 Å². The number of unbranched alkanes of at least 4 members (excludes halogenated alkanes) is 8. The molecule has 0 amide bonds. The molecule has 0 saturated heterocycles. The molecule has 1 rings (SSSR count). The van der Waals surface area contributed by atoms with Gasteiger partial charge in [0.25, 0.3) is 0 Å². The molecule has 0 spiro atoms. The van der Waals surface area contributed by atoms with Gasteiger partial charge in [0, 0.05) is 4.83 Å². The van der Waals surface area contributed by atoms with E-state index >= 15 is 0 Å². The summed E-state index contributed by atoms with van der Waals surface area (Å²) in [6.45, 7) is 2.29. The summed E-state index contributed by atoms with van der Waals surface area (Å²) in [6.07, 6.45) is 17.4. The molecule has 0 nitrogen and oxygen atoms in total. The maximum Gasteiger partial charge on any atom is 0.0174 e. The van der Waals surface area contributed by atoms with Crippen LogP contribution in [0.2, 0.25) is 0 Å². The van der Waals surface area contributed by atoms with Crippen molar-refractivity contribution in [2.24, 2.45) is 5.92 Å². The smallest absolute Gasteiger partial charge is 0.0174 e. The third-order valence-corrected chi connectivity index (χ3v) is 4.92. The fourth-order valence-electron chi connectivity index (χ4n) is 2.34. The predicted octanol–water partition coefficient (Wildman–Crippen LogP) is 6.08. The number of alkyl halides is 1. The molecular formula is C15H29Br. The Bertz CT molecular complexity index is 152. The lowest BCUT2D eigenvalue weighted by atomic mass is 10.1. The van der Waals surface area contributed by atoms with Crippen LogP contribution in [0.4, 0.5) is 0 Å². The predicted molar refractivity (Wildman–Crippen MR) is 77.3 cm³/mol. The van der Waals surface area contributed by atoms with Crippen molar-refractivity contribution < 1.29 is 0 Å². The van der Waals surface area contributed by atoms with Gasteiger partial charge in [-0.2, -0.15) is 0 Å². The van der Waals surface area contributed by atoms with Crippen LogP contribution in [-0.4, -0.2) is 4.83 Å². The van der Waals surface area contributed by atoms with Gasteiger partial charge in [-0.15, -0.1) is 0 Å². The fraction of sp³-hybridized carbons (Fsp3) is 1.00. The molecule has 1 saturated carbocycles.